The molecule has 0 aliphatic rings. The van der Waals surface area contributed by atoms with Crippen LogP contribution in [0.3, 0.4) is 0 Å². The topological polar surface area (TPSA) is 72.2 Å². The van der Waals surface area contributed by atoms with E-state index in [0.29, 0.717) is 11.3 Å². The SMILES string of the molecule is Cc1ccc(C(=O)Nc2cccc3ccccc23)cc1[N+](=O)[O-]. The first-order valence-electron chi connectivity index (χ1n) is 7.10. The average molecular weight is 306 g/mol. The fourth-order valence-electron chi connectivity index (χ4n) is 2.48. The molecule has 0 aliphatic heterocycles. The summed E-state index contributed by atoms with van der Waals surface area (Å²) in [6.45, 7) is 1.64. The number of amides is 1. The minimum Gasteiger partial charge on any atom is -0.321 e. The summed E-state index contributed by atoms with van der Waals surface area (Å²) in [6, 6.07) is 17.8. The van der Waals surface area contributed by atoms with E-state index in [-0.39, 0.29) is 17.2 Å². The highest BCUT2D eigenvalue weighted by molar-refractivity contribution is 6.09. The van der Waals surface area contributed by atoms with Gasteiger partial charge in [-0.3, -0.25) is 14.9 Å². The Morgan fingerprint density at radius 1 is 1.04 bits per heavy atom. The van der Waals surface area contributed by atoms with Gasteiger partial charge in [-0.05, 0) is 24.4 Å². The standard InChI is InChI=1S/C18H14N2O3/c1-12-9-10-14(11-17(12)20(22)23)18(21)19-16-8-4-6-13-5-2-3-7-15(13)16/h2-11H,1H3,(H,19,21). The Morgan fingerprint density at radius 3 is 2.57 bits per heavy atom. The van der Waals surface area contributed by atoms with Gasteiger partial charge in [0.2, 0.25) is 0 Å². The third-order valence-corrected chi connectivity index (χ3v) is 3.71. The quantitative estimate of drug-likeness (QED) is 0.579. The predicted octanol–water partition coefficient (Wildman–Crippen LogP) is 4.31. The zero-order chi connectivity index (χ0) is 16.4. The fourth-order valence-corrected chi connectivity index (χ4v) is 2.48. The normalized spacial score (nSPS) is 10.5. The summed E-state index contributed by atoms with van der Waals surface area (Å²) in [7, 11) is 0. The van der Waals surface area contributed by atoms with Crippen molar-refractivity contribution >= 4 is 28.1 Å². The molecule has 1 amide bonds. The molecule has 0 aromatic heterocycles. The molecule has 5 nitrogen and oxygen atoms in total. The van der Waals surface area contributed by atoms with E-state index in [1.165, 1.54) is 6.07 Å². The molecule has 3 aromatic carbocycles. The molecule has 3 aromatic rings. The van der Waals surface area contributed by atoms with Crippen molar-refractivity contribution in [3.8, 4) is 0 Å². The maximum atomic E-state index is 12.4. The molecule has 0 bridgehead atoms. The van der Waals surface area contributed by atoms with Gasteiger partial charge in [0.15, 0.2) is 0 Å². The minimum absolute atomic E-state index is 0.0597. The van der Waals surface area contributed by atoms with Crippen molar-refractivity contribution in [1.82, 2.24) is 0 Å². The highest BCUT2D eigenvalue weighted by Crippen LogP contribution is 2.24. The van der Waals surface area contributed by atoms with Gasteiger partial charge in [-0.1, -0.05) is 42.5 Å². The lowest BCUT2D eigenvalue weighted by atomic mass is 10.1. The van der Waals surface area contributed by atoms with Crippen LogP contribution < -0.4 is 5.32 Å². The first-order chi connectivity index (χ1) is 11.1. The van der Waals surface area contributed by atoms with Crippen molar-refractivity contribution in [2.75, 3.05) is 5.32 Å². The van der Waals surface area contributed by atoms with Gasteiger partial charge in [0.05, 0.1) is 4.92 Å². The van der Waals surface area contributed by atoms with Gasteiger partial charge >= 0.3 is 0 Å². The molecule has 0 heterocycles. The number of fused-ring (bicyclic) bond motifs is 1. The van der Waals surface area contributed by atoms with Crippen LogP contribution in [0.15, 0.2) is 60.7 Å². The van der Waals surface area contributed by atoms with Crippen LogP contribution in [0.25, 0.3) is 10.8 Å². The number of nitro benzene ring substituents is 1. The molecule has 0 saturated heterocycles. The monoisotopic (exact) mass is 306 g/mol. The molecule has 0 fully saturated rings. The van der Waals surface area contributed by atoms with Gasteiger partial charge in [-0.2, -0.15) is 0 Å². The molecule has 0 saturated carbocycles. The van der Waals surface area contributed by atoms with Crippen LogP contribution in [0.5, 0.6) is 0 Å². The number of hydrogen-bond donors (Lipinski definition) is 1. The van der Waals surface area contributed by atoms with Crippen molar-refractivity contribution in [2.24, 2.45) is 0 Å². The van der Waals surface area contributed by atoms with Gasteiger partial charge in [-0.15, -0.1) is 0 Å². The fraction of sp³-hybridized carbons (Fsp3) is 0.0556. The number of hydrogen-bond acceptors (Lipinski definition) is 3. The molecule has 0 spiro atoms. The van der Waals surface area contributed by atoms with E-state index < -0.39 is 4.92 Å². The Kier molecular flexibility index (Phi) is 3.76. The number of rotatable bonds is 3. The third kappa shape index (κ3) is 2.89. The van der Waals surface area contributed by atoms with Crippen LogP contribution in [-0.4, -0.2) is 10.8 Å². The Bertz CT molecular complexity index is 914. The van der Waals surface area contributed by atoms with Crippen molar-refractivity contribution in [1.29, 1.82) is 0 Å². The number of carbonyl (C=O) groups is 1. The van der Waals surface area contributed by atoms with Crippen LogP contribution in [0.1, 0.15) is 15.9 Å². The Balaban J connectivity index is 1.95. The lowest BCUT2D eigenvalue weighted by Gasteiger charge is -2.09. The number of aryl methyl sites for hydroxylation is 1. The average Bonchev–Trinajstić information content (AvgIpc) is 2.55. The van der Waals surface area contributed by atoms with Gasteiger partial charge < -0.3 is 5.32 Å². The third-order valence-electron chi connectivity index (χ3n) is 3.71. The predicted molar refractivity (Wildman–Crippen MR) is 89.7 cm³/mol. The highest BCUT2D eigenvalue weighted by atomic mass is 16.6. The summed E-state index contributed by atoms with van der Waals surface area (Å²) in [5.74, 6) is -0.371. The van der Waals surface area contributed by atoms with E-state index in [2.05, 4.69) is 5.32 Å². The number of nitro groups is 1. The van der Waals surface area contributed by atoms with Crippen LogP contribution in [-0.2, 0) is 0 Å². The van der Waals surface area contributed by atoms with Gasteiger partial charge in [-0.25, -0.2) is 0 Å². The molecule has 0 aliphatic carbocycles. The maximum Gasteiger partial charge on any atom is 0.273 e. The molecular formula is C18H14N2O3. The molecule has 23 heavy (non-hydrogen) atoms. The summed E-state index contributed by atoms with van der Waals surface area (Å²) in [5, 5.41) is 15.8. The summed E-state index contributed by atoms with van der Waals surface area (Å²) >= 11 is 0. The molecule has 5 heteroatoms. The van der Waals surface area contributed by atoms with E-state index >= 15 is 0 Å². The lowest BCUT2D eigenvalue weighted by Crippen LogP contribution is -2.12. The number of nitrogens with zero attached hydrogens (tertiary/aromatic N) is 1. The molecule has 0 radical (unpaired) electrons. The van der Waals surface area contributed by atoms with Gasteiger partial charge in [0, 0.05) is 28.3 Å². The lowest BCUT2D eigenvalue weighted by molar-refractivity contribution is -0.385. The van der Waals surface area contributed by atoms with E-state index in [1.54, 1.807) is 19.1 Å². The zero-order valence-corrected chi connectivity index (χ0v) is 12.4. The number of benzene rings is 3. The van der Waals surface area contributed by atoms with Crippen LogP contribution in [0.4, 0.5) is 11.4 Å². The summed E-state index contributed by atoms with van der Waals surface area (Å²) in [6.07, 6.45) is 0. The first-order valence-corrected chi connectivity index (χ1v) is 7.10. The minimum atomic E-state index is -0.482. The Morgan fingerprint density at radius 2 is 1.78 bits per heavy atom. The van der Waals surface area contributed by atoms with E-state index in [0.717, 1.165) is 10.8 Å². The molecular weight excluding hydrogens is 292 g/mol. The van der Waals surface area contributed by atoms with E-state index in [1.807, 2.05) is 42.5 Å². The van der Waals surface area contributed by atoms with E-state index in [4.69, 9.17) is 0 Å². The number of nitrogens with one attached hydrogen (secondary N) is 1. The highest BCUT2D eigenvalue weighted by Gasteiger charge is 2.15. The molecule has 3 rings (SSSR count). The van der Waals surface area contributed by atoms with Crippen LogP contribution >= 0.6 is 0 Å². The number of carbonyl (C=O) groups excluding carboxylic acids is 1. The van der Waals surface area contributed by atoms with Crippen LogP contribution in [0, 0.1) is 17.0 Å². The van der Waals surface area contributed by atoms with Gasteiger partial charge in [0.25, 0.3) is 11.6 Å². The Hall–Kier alpha value is -3.21. The van der Waals surface area contributed by atoms with Crippen molar-refractivity contribution in [3.05, 3.63) is 81.9 Å². The smallest absolute Gasteiger partial charge is 0.273 e. The summed E-state index contributed by atoms with van der Waals surface area (Å²) in [5.41, 5.74) is 1.40. The van der Waals surface area contributed by atoms with Crippen molar-refractivity contribution in [2.45, 2.75) is 6.92 Å². The maximum absolute atomic E-state index is 12.4. The summed E-state index contributed by atoms with van der Waals surface area (Å²) in [4.78, 5) is 22.9. The zero-order valence-electron chi connectivity index (χ0n) is 12.4. The molecule has 0 atom stereocenters. The number of anilines is 1. The molecule has 1 N–H and O–H groups in total. The molecule has 114 valence electrons. The second-order valence-corrected chi connectivity index (χ2v) is 5.24. The molecule has 0 unspecified atom stereocenters. The van der Waals surface area contributed by atoms with Crippen molar-refractivity contribution in [3.63, 3.8) is 0 Å². The second kappa shape index (κ2) is 5.88. The Labute approximate surface area is 132 Å². The van der Waals surface area contributed by atoms with Crippen molar-refractivity contribution < 1.29 is 9.72 Å². The van der Waals surface area contributed by atoms with Crippen LogP contribution in [0.2, 0.25) is 0 Å². The van der Waals surface area contributed by atoms with E-state index in [9.17, 15) is 14.9 Å². The first kappa shape index (κ1) is 14.7. The summed E-state index contributed by atoms with van der Waals surface area (Å²) < 4.78 is 0. The second-order valence-electron chi connectivity index (χ2n) is 5.24. The largest absolute Gasteiger partial charge is 0.321 e. The van der Waals surface area contributed by atoms with Gasteiger partial charge in [0.1, 0.15) is 0 Å².